The molecule has 2 aromatic rings. The molecule has 0 aliphatic heterocycles. The first-order valence-corrected chi connectivity index (χ1v) is 5.67. The van der Waals surface area contributed by atoms with Crippen molar-refractivity contribution in [2.45, 2.75) is 6.10 Å². The summed E-state index contributed by atoms with van der Waals surface area (Å²) < 4.78 is 5.22. The minimum absolute atomic E-state index is 0.501. The monoisotopic (exact) mass is 248 g/mol. The summed E-state index contributed by atoms with van der Waals surface area (Å²) in [5, 5.41) is 10.8. The van der Waals surface area contributed by atoms with Crippen molar-refractivity contribution in [3.8, 4) is 5.75 Å². The molecule has 0 saturated heterocycles. The number of rotatable bonds is 3. The van der Waals surface area contributed by atoms with E-state index < -0.39 is 6.10 Å². The molecule has 1 atom stereocenters. The summed E-state index contributed by atoms with van der Waals surface area (Å²) in [7, 11) is 1.56. The largest absolute Gasteiger partial charge is 0.496 e. The Morgan fingerprint density at radius 2 is 1.76 bits per heavy atom. The molecule has 0 heterocycles. The molecule has 0 fully saturated rings. The third kappa shape index (κ3) is 2.43. The fraction of sp³-hybridized carbons (Fsp3) is 0.143. The quantitative estimate of drug-likeness (QED) is 0.902. The van der Waals surface area contributed by atoms with Crippen LogP contribution in [-0.2, 0) is 0 Å². The highest BCUT2D eigenvalue weighted by Gasteiger charge is 2.18. The van der Waals surface area contributed by atoms with E-state index in [1.165, 1.54) is 0 Å². The Kier molecular flexibility index (Phi) is 3.67. The van der Waals surface area contributed by atoms with Crippen LogP contribution in [0.15, 0.2) is 48.5 Å². The average Bonchev–Trinajstić information content (AvgIpc) is 2.38. The number of hydrogen-bond donors (Lipinski definition) is 1. The van der Waals surface area contributed by atoms with E-state index in [0.29, 0.717) is 16.3 Å². The second-order valence-electron chi connectivity index (χ2n) is 3.67. The lowest BCUT2D eigenvalue weighted by Crippen LogP contribution is -2.03. The molecule has 0 aromatic heterocycles. The number of benzene rings is 2. The van der Waals surface area contributed by atoms with Crippen LogP contribution in [0.4, 0.5) is 0 Å². The van der Waals surface area contributed by atoms with Gasteiger partial charge in [-0.15, -0.1) is 0 Å². The van der Waals surface area contributed by atoms with Crippen LogP contribution in [0.25, 0.3) is 0 Å². The van der Waals surface area contributed by atoms with Gasteiger partial charge < -0.3 is 9.84 Å². The van der Waals surface area contributed by atoms with Gasteiger partial charge in [0.1, 0.15) is 11.9 Å². The maximum atomic E-state index is 10.3. The molecule has 17 heavy (non-hydrogen) atoms. The molecule has 0 aliphatic carbocycles. The van der Waals surface area contributed by atoms with E-state index in [9.17, 15) is 5.11 Å². The van der Waals surface area contributed by atoms with Gasteiger partial charge in [-0.25, -0.2) is 0 Å². The predicted octanol–water partition coefficient (Wildman–Crippen LogP) is 3.43. The standard InChI is InChI=1S/C14H13ClO2/c1-17-12-9-5-8-11(15)13(12)14(16)10-6-3-2-4-7-10/h2-9,14,16H,1H3. The first-order chi connectivity index (χ1) is 8.24. The number of halogens is 1. The number of aliphatic hydroxyl groups excluding tert-OH is 1. The van der Waals surface area contributed by atoms with Crippen LogP contribution >= 0.6 is 11.6 Å². The van der Waals surface area contributed by atoms with E-state index in [1.807, 2.05) is 30.3 Å². The van der Waals surface area contributed by atoms with Gasteiger partial charge in [0.2, 0.25) is 0 Å². The van der Waals surface area contributed by atoms with Crippen molar-refractivity contribution in [1.29, 1.82) is 0 Å². The Hall–Kier alpha value is -1.51. The fourth-order valence-electron chi connectivity index (χ4n) is 1.76. The molecule has 2 nitrogen and oxygen atoms in total. The first-order valence-electron chi connectivity index (χ1n) is 5.29. The van der Waals surface area contributed by atoms with Gasteiger partial charge >= 0.3 is 0 Å². The number of aliphatic hydroxyl groups is 1. The second-order valence-corrected chi connectivity index (χ2v) is 4.08. The minimum Gasteiger partial charge on any atom is -0.496 e. The molecule has 0 aliphatic rings. The van der Waals surface area contributed by atoms with Crippen molar-refractivity contribution in [2.24, 2.45) is 0 Å². The molecule has 3 heteroatoms. The van der Waals surface area contributed by atoms with Crippen LogP contribution in [0, 0.1) is 0 Å². The fourth-order valence-corrected chi connectivity index (χ4v) is 2.03. The van der Waals surface area contributed by atoms with E-state index in [2.05, 4.69) is 0 Å². The molecule has 0 radical (unpaired) electrons. The lowest BCUT2D eigenvalue weighted by molar-refractivity contribution is 0.215. The second kappa shape index (κ2) is 5.21. The Bertz CT molecular complexity index is 497. The lowest BCUT2D eigenvalue weighted by atomic mass is 10.0. The Morgan fingerprint density at radius 1 is 1.06 bits per heavy atom. The molecule has 88 valence electrons. The van der Waals surface area contributed by atoms with Crippen LogP contribution in [0.2, 0.25) is 5.02 Å². The molecule has 2 rings (SSSR count). The van der Waals surface area contributed by atoms with Crippen LogP contribution in [-0.4, -0.2) is 12.2 Å². The number of methoxy groups -OCH3 is 1. The Morgan fingerprint density at radius 3 is 2.41 bits per heavy atom. The molecule has 0 spiro atoms. The van der Waals surface area contributed by atoms with Crippen molar-refractivity contribution in [3.63, 3.8) is 0 Å². The Balaban J connectivity index is 2.47. The zero-order valence-corrected chi connectivity index (χ0v) is 10.2. The first kappa shape index (κ1) is 12.0. The molecule has 0 amide bonds. The minimum atomic E-state index is -0.778. The van der Waals surface area contributed by atoms with Gasteiger partial charge in [0.15, 0.2) is 0 Å². The average molecular weight is 249 g/mol. The zero-order valence-electron chi connectivity index (χ0n) is 9.43. The van der Waals surface area contributed by atoms with Crippen molar-refractivity contribution in [2.75, 3.05) is 7.11 Å². The van der Waals surface area contributed by atoms with Crippen LogP contribution in [0.1, 0.15) is 17.2 Å². The third-order valence-electron chi connectivity index (χ3n) is 2.62. The Labute approximate surface area is 105 Å². The topological polar surface area (TPSA) is 29.5 Å². The number of hydrogen-bond acceptors (Lipinski definition) is 2. The van der Waals surface area contributed by atoms with Gasteiger partial charge in [0.05, 0.1) is 12.1 Å². The summed E-state index contributed by atoms with van der Waals surface area (Å²) in [6, 6.07) is 14.7. The SMILES string of the molecule is COc1cccc(Cl)c1C(O)c1ccccc1. The van der Waals surface area contributed by atoms with Gasteiger partial charge in [0.25, 0.3) is 0 Å². The van der Waals surface area contributed by atoms with Crippen molar-refractivity contribution in [1.82, 2.24) is 0 Å². The van der Waals surface area contributed by atoms with Gasteiger partial charge in [0, 0.05) is 5.56 Å². The molecule has 0 bridgehead atoms. The summed E-state index contributed by atoms with van der Waals surface area (Å²) in [6.45, 7) is 0. The molecule has 1 unspecified atom stereocenters. The molecule has 1 N–H and O–H groups in total. The highest BCUT2D eigenvalue weighted by atomic mass is 35.5. The van der Waals surface area contributed by atoms with Crippen molar-refractivity contribution < 1.29 is 9.84 Å². The van der Waals surface area contributed by atoms with Gasteiger partial charge in [-0.05, 0) is 17.7 Å². The van der Waals surface area contributed by atoms with E-state index in [-0.39, 0.29) is 0 Å². The third-order valence-corrected chi connectivity index (χ3v) is 2.95. The van der Waals surface area contributed by atoms with E-state index in [0.717, 1.165) is 5.56 Å². The summed E-state index contributed by atoms with van der Waals surface area (Å²) >= 11 is 6.11. The molecular weight excluding hydrogens is 236 g/mol. The van der Waals surface area contributed by atoms with Crippen LogP contribution in [0.5, 0.6) is 5.75 Å². The van der Waals surface area contributed by atoms with Gasteiger partial charge in [-0.3, -0.25) is 0 Å². The highest BCUT2D eigenvalue weighted by molar-refractivity contribution is 6.31. The maximum absolute atomic E-state index is 10.3. The maximum Gasteiger partial charge on any atom is 0.126 e. The molecule has 2 aromatic carbocycles. The molecule has 0 saturated carbocycles. The summed E-state index contributed by atoms with van der Waals surface area (Å²) in [6.07, 6.45) is -0.778. The normalized spacial score (nSPS) is 12.2. The predicted molar refractivity (Wildman–Crippen MR) is 68.5 cm³/mol. The lowest BCUT2D eigenvalue weighted by Gasteiger charge is -2.16. The van der Waals surface area contributed by atoms with Crippen LogP contribution < -0.4 is 4.74 Å². The summed E-state index contributed by atoms with van der Waals surface area (Å²) in [5.74, 6) is 0.592. The zero-order chi connectivity index (χ0) is 12.3. The van der Waals surface area contributed by atoms with Crippen molar-refractivity contribution >= 4 is 11.6 Å². The smallest absolute Gasteiger partial charge is 0.126 e. The summed E-state index contributed by atoms with van der Waals surface area (Å²) in [4.78, 5) is 0. The van der Waals surface area contributed by atoms with Crippen molar-refractivity contribution in [3.05, 3.63) is 64.7 Å². The van der Waals surface area contributed by atoms with E-state index in [4.69, 9.17) is 16.3 Å². The molecular formula is C14H13ClO2. The van der Waals surface area contributed by atoms with Gasteiger partial charge in [-0.1, -0.05) is 48.0 Å². The number of ether oxygens (including phenoxy) is 1. The van der Waals surface area contributed by atoms with Gasteiger partial charge in [-0.2, -0.15) is 0 Å². The van der Waals surface area contributed by atoms with E-state index in [1.54, 1.807) is 25.3 Å². The highest BCUT2D eigenvalue weighted by Crippen LogP contribution is 2.35. The van der Waals surface area contributed by atoms with E-state index >= 15 is 0 Å². The summed E-state index contributed by atoms with van der Waals surface area (Å²) in [5.41, 5.74) is 1.39. The van der Waals surface area contributed by atoms with Crippen LogP contribution in [0.3, 0.4) is 0 Å².